The summed E-state index contributed by atoms with van der Waals surface area (Å²) in [5.41, 5.74) is 1.00. The predicted octanol–water partition coefficient (Wildman–Crippen LogP) is 1.31. The minimum Gasteiger partial charge on any atom is -0.482 e. The summed E-state index contributed by atoms with van der Waals surface area (Å²) in [6.45, 7) is 0.517. The molecule has 1 heterocycles. The highest BCUT2D eigenvalue weighted by molar-refractivity contribution is 6.39. The molecule has 4 rings (SSSR count). The third kappa shape index (κ3) is 3.05. The molecule has 2 N–H and O–H groups in total. The number of nitrogens with one attached hydrogen (secondary N) is 2. The van der Waals surface area contributed by atoms with Crippen LogP contribution in [-0.4, -0.2) is 37.9 Å². The van der Waals surface area contributed by atoms with Gasteiger partial charge in [0, 0.05) is 19.3 Å². The summed E-state index contributed by atoms with van der Waals surface area (Å²) in [5.74, 6) is 0.620. The van der Waals surface area contributed by atoms with Crippen LogP contribution in [0.25, 0.3) is 0 Å². The first kappa shape index (κ1) is 16.6. The average molecular weight is 355 g/mol. The number of carbonyl (C=O) groups excluding carboxylic acids is 3. The molecule has 7 nitrogen and oxygen atoms in total. The van der Waals surface area contributed by atoms with Crippen molar-refractivity contribution in [1.29, 1.82) is 0 Å². The Bertz CT molecular complexity index is 804. The fourth-order valence-corrected chi connectivity index (χ4v) is 3.97. The second-order valence-corrected chi connectivity index (χ2v) is 7.13. The standard InChI is InChI=1S/C19H21N3O4/c1-22-15-8-14(4-5-16(15)26-10-17(22)23)21-19(25)18(24)20-9-13-7-11-2-3-12(13)6-11/h2-5,8,11-13H,6-7,9-10H2,1H3,(H,20,24)(H,21,25)/t11-,12-,13+/m0/s1. The number of hydrogen-bond acceptors (Lipinski definition) is 4. The van der Waals surface area contributed by atoms with E-state index < -0.39 is 11.8 Å². The van der Waals surface area contributed by atoms with Gasteiger partial charge in [0.2, 0.25) is 0 Å². The van der Waals surface area contributed by atoms with Gasteiger partial charge in [-0.3, -0.25) is 14.4 Å². The van der Waals surface area contributed by atoms with Crippen LogP contribution in [0, 0.1) is 17.8 Å². The summed E-state index contributed by atoms with van der Waals surface area (Å²) in [6.07, 6.45) is 6.71. The predicted molar refractivity (Wildman–Crippen MR) is 95.8 cm³/mol. The number of likely N-dealkylation sites (N-methyl/N-ethyl adjacent to an activating group) is 1. The highest BCUT2D eigenvalue weighted by atomic mass is 16.5. The number of ether oxygens (including phenoxy) is 1. The van der Waals surface area contributed by atoms with Crippen molar-refractivity contribution in [2.24, 2.45) is 17.8 Å². The number of fused-ring (bicyclic) bond motifs is 3. The van der Waals surface area contributed by atoms with E-state index in [2.05, 4.69) is 22.8 Å². The molecule has 1 aromatic carbocycles. The SMILES string of the molecule is CN1C(=O)COc2ccc(NC(=O)C(=O)NC[C@H]3C[C@H]4C=C[C@H]3C4)cc21. The Balaban J connectivity index is 1.35. The molecule has 0 unspecified atom stereocenters. The van der Waals surface area contributed by atoms with E-state index in [0.29, 0.717) is 41.4 Å². The molecule has 3 atom stereocenters. The number of rotatable bonds is 3. The second kappa shape index (κ2) is 6.48. The highest BCUT2D eigenvalue weighted by Crippen LogP contribution is 2.42. The van der Waals surface area contributed by atoms with Gasteiger partial charge in [0.15, 0.2) is 6.61 Å². The number of amides is 3. The first-order chi connectivity index (χ1) is 12.5. The van der Waals surface area contributed by atoms with Gasteiger partial charge in [0.05, 0.1) is 5.69 Å². The summed E-state index contributed by atoms with van der Waals surface area (Å²) in [6, 6.07) is 4.94. The topological polar surface area (TPSA) is 87.7 Å². The maximum atomic E-state index is 12.1. The van der Waals surface area contributed by atoms with E-state index in [9.17, 15) is 14.4 Å². The van der Waals surface area contributed by atoms with Gasteiger partial charge >= 0.3 is 11.8 Å². The molecule has 26 heavy (non-hydrogen) atoms. The summed E-state index contributed by atoms with van der Waals surface area (Å²) in [7, 11) is 1.64. The quantitative estimate of drug-likeness (QED) is 0.632. The zero-order valence-electron chi connectivity index (χ0n) is 14.5. The van der Waals surface area contributed by atoms with Crippen molar-refractivity contribution in [2.75, 3.05) is 30.4 Å². The van der Waals surface area contributed by atoms with Crippen LogP contribution in [0.15, 0.2) is 30.4 Å². The lowest BCUT2D eigenvalue weighted by Gasteiger charge is -2.26. The van der Waals surface area contributed by atoms with E-state index in [1.807, 2.05) is 0 Å². The highest BCUT2D eigenvalue weighted by Gasteiger charge is 2.35. The Morgan fingerprint density at radius 1 is 1.23 bits per heavy atom. The molecule has 0 spiro atoms. The smallest absolute Gasteiger partial charge is 0.313 e. The van der Waals surface area contributed by atoms with Crippen LogP contribution in [0.2, 0.25) is 0 Å². The van der Waals surface area contributed by atoms with Gasteiger partial charge in [0.25, 0.3) is 5.91 Å². The summed E-state index contributed by atoms with van der Waals surface area (Å²) in [5, 5.41) is 5.31. The Labute approximate surface area is 151 Å². The average Bonchev–Trinajstić information content (AvgIpc) is 3.26. The Morgan fingerprint density at radius 2 is 2.08 bits per heavy atom. The van der Waals surface area contributed by atoms with Crippen molar-refractivity contribution < 1.29 is 19.1 Å². The normalized spacial score (nSPS) is 25.7. The van der Waals surface area contributed by atoms with E-state index in [4.69, 9.17) is 4.74 Å². The largest absolute Gasteiger partial charge is 0.482 e. The number of nitrogens with zero attached hydrogens (tertiary/aromatic N) is 1. The fourth-order valence-electron chi connectivity index (χ4n) is 3.97. The molecule has 3 amide bonds. The number of benzene rings is 1. The molecule has 0 saturated heterocycles. The lowest BCUT2D eigenvalue weighted by molar-refractivity contribution is -0.136. The third-order valence-corrected chi connectivity index (χ3v) is 5.45. The van der Waals surface area contributed by atoms with Crippen LogP contribution < -0.4 is 20.3 Å². The van der Waals surface area contributed by atoms with E-state index in [-0.39, 0.29) is 12.5 Å². The molecule has 136 valence electrons. The molecule has 3 aliphatic rings. The van der Waals surface area contributed by atoms with Crippen LogP contribution >= 0.6 is 0 Å². The molecule has 1 aliphatic heterocycles. The maximum Gasteiger partial charge on any atom is 0.313 e. The minimum absolute atomic E-state index is 0.00415. The van der Waals surface area contributed by atoms with Gasteiger partial charge in [-0.1, -0.05) is 12.2 Å². The zero-order chi connectivity index (χ0) is 18.3. The van der Waals surface area contributed by atoms with Gasteiger partial charge in [-0.25, -0.2) is 0 Å². The summed E-state index contributed by atoms with van der Waals surface area (Å²) >= 11 is 0. The molecule has 1 aromatic rings. The lowest BCUT2D eigenvalue weighted by atomic mass is 9.94. The van der Waals surface area contributed by atoms with Crippen LogP contribution in [0.3, 0.4) is 0 Å². The second-order valence-electron chi connectivity index (χ2n) is 7.13. The fraction of sp³-hybridized carbons (Fsp3) is 0.421. The lowest BCUT2D eigenvalue weighted by Crippen LogP contribution is -2.39. The van der Waals surface area contributed by atoms with E-state index in [1.165, 1.54) is 4.90 Å². The Morgan fingerprint density at radius 3 is 2.81 bits per heavy atom. The van der Waals surface area contributed by atoms with Crippen molar-refractivity contribution in [1.82, 2.24) is 5.32 Å². The van der Waals surface area contributed by atoms with Crippen molar-refractivity contribution >= 4 is 29.1 Å². The number of anilines is 2. The van der Waals surface area contributed by atoms with Gasteiger partial charge < -0.3 is 20.3 Å². The Kier molecular flexibility index (Phi) is 4.14. The monoisotopic (exact) mass is 355 g/mol. The van der Waals surface area contributed by atoms with Crippen LogP contribution in [0.1, 0.15) is 12.8 Å². The maximum absolute atomic E-state index is 12.1. The van der Waals surface area contributed by atoms with Gasteiger partial charge in [-0.2, -0.15) is 0 Å². The number of allylic oxidation sites excluding steroid dienone is 2. The molecular weight excluding hydrogens is 334 g/mol. The van der Waals surface area contributed by atoms with Crippen LogP contribution in [-0.2, 0) is 14.4 Å². The van der Waals surface area contributed by atoms with Gasteiger partial charge in [-0.15, -0.1) is 0 Å². The van der Waals surface area contributed by atoms with Crippen molar-refractivity contribution in [3.05, 3.63) is 30.4 Å². The van der Waals surface area contributed by atoms with Crippen LogP contribution in [0.4, 0.5) is 11.4 Å². The van der Waals surface area contributed by atoms with Gasteiger partial charge in [-0.05, 0) is 48.8 Å². The molecular formula is C19H21N3O4. The first-order valence-corrected chi connectivity index (χ1v) is 8.82. The van der Waals surface area contributed by atoms with Gasteiger partial charge in [0.1, 0.15) is 5.75 Å². The zero-order valence-corrected chi connectivity index (χ0v) is 14.5. The van der Waals surface area contributed by atoms with Crippen LogP contribution in [0.5, 0.6) is 5.75 Å². The number of carbonyl (C=O) groups is 3. The van der Waals surface area contributed by atoms with E-state index in [1.54, 1.807) is 25.2 Å². The molecule has 2 aliphatic carbocycles. The summed E-state index contributed by atoms with van der Waals surface area (Å²) < 4.78 is 5.34. The van der Waals surface area contributed by atoms with E-state index in [0.717, 1.165) is 12.8 Å². The molecule has 2 bridgehead atoms. The summed E-state index contributed by atoms with van der Waals surface area (Å²) in [4.78, 5) is 37.4. The molecule has 1 fully saturated rings. The van der Waals surface area contributed by atoms with Crippen molar-refractivity contribution in [2.45, 2.75) is 12.8 Å². The van der Waals surface area contributed by atoms with Crippen molar-refractivity contribution in [3.8, 4) is 5.75 Å². The minimum atomic E-state index is -0.714. The molecule has 1 saturated carbocycles. The molecule has 0 aromatic heterocycles. The molecule has 0 radical (unpaired) electrons. The van der Waals surface area contributed by atoms with E-state index >= 15 is 0 Å². The molecule has 7 heteroatoms. The Hall–Kier alpha value is -2.83. The third-order valence-electron chi connectivity index (χ3n) is 5.45. The number of hydrogen-bond donors (Lipinski definition) is 2. The first-order valence-electron chi connectivity index (χ1n) is 8.82. The van der Waals surface area contributed by atoms with Crippen molar-refractivity contribution in [3.63, 3.8) is 0 Å².